The van der Waals surface area contributed by atoms with Crippen molar-refractivity contribution < 1.29 is 4.52 Å². The predicted molar refractivity (Wildman–Crippen MR) is 53.5 cm³/mol. The average Bonchev–Trinajstić information content (AvgIpc) is 2.43. The molecule has 2 N–H and O–H groups in total. The molecule has 1 rings (SSSR count). The van der Waals surface area contributed by atoms with Crippen LogP contribution in [0.2, 0.25) is 0 Å². The quantitative estimate of drug-likeness (QED) is 0.712. The molecule has 0 fully saturated rings. The summed E-state index contributed by atoms with van der Waals surface area (Å²) in [7, 11) is 0. The molecule has 74 valence electrons. The smallest absolute Gasteiger partial charge is 0.225 e. The van der Waals surface area contributed by atoms with E-state index < -0.39 is 0 Å². The zero-order valence-corrected chi connectivity index (χ0v) is 8.47. The molecule has 1 heterocycles. The molecule has 3 nitrogen and oxygen atoms in total. The third-order valence-corrected chi connectivity index (χ3v) is 2.32. The summed E-state index contributed by atoms with van der Waals surface area (Å²) in [6, 6.07) is 0. The van der Waals surface area contributed by atoms with Crippen molar-refractivity contribution in [2.24, 2.45) is 0 Å². The van der Waals surface area contributed by atoms with Gasteiger partial charge in [0.25, 0.3) is 0 Å². The monoisotopic (exact) mass is 182 g/mol. The first-order valence-corrected chi connectivity index (χ1v) is 4.96. The van der Waals surface area contributed by atoms with Gasteiger partial charge in [-0.1, -0.05) is 31.3 Å². The average molecular weight is 182 g/mol. The molecular weight excluding hydrogens is 164 g/mol. The van der Waals surface area contributed by atoms with Crippen molar-refractivity contribution in [3.05, 3.63) is 11.3 Å². The molecule has 0 saturated carbocycles. The van der Waals surface area contributed by atoms with Gasteiger partial charge in [-0.2, -0.15) is 0 Å². The van der Waals surface area contributed by atoms with Crippen LogP contribution < -0.4 is 5.73 Å². The molecule has 0 bridgehead atoms. The second kappa shape index (κ2) is 4.90. The number of unbranched alkanes of at least 4 members (excludes halogenated alkanes) is 3. The third kappa shape index (κ3) is 2.76. The summed E-state index contributed by atoms with van der Waals surface area (Å²) in [5, 5.41) is 3.91. The van der Waals surface area contributed by atoms with Crippen molar-refractivity contribution in [2.75, 3.05) is 5.73 Å². The fourth-order valence-corrected chi connectivity index (χ4v) is 1.34. The molecule has 1 aromatic heterocycles. The first-order chi connectivity index (χ1) is 6.25. The van der Waals surface area contributed by atoms with E-state index in [0.717, 1.165) is 17.7 Å². The maximum absolute atomic E-state index is 5.54. The van der Waals surface area contributed by atoms with E-state index in [-0.39, 0.29) is 0 Å². The molecular formula is C10H18N2O. The Kier molecular flexibility index (Phi) is 3.80. The lowest BCUT2D eigenvalue weighted by molar-refractivity contribution is 0.425. The first kappa shape index (κ1) is 10.1. The number of hydrogen-bond donors (Lipinski definition) is 1. The minimum Gasteiger partial charge on any atom is -0.367 e. The predicted octanol–water partition coefficient (Wildman–Crippen LogP) is 2.69. The lowest BCUT2D eigenvalue weighted by Crippen LogP contribution is -1.90. The van der Waals surface area contributed by atoms with Gasteiger partial charge in [-0.3, -0.25) is 0 Å². The van der Waals surface area contributed by atoms with Gasteiger partial charge in [0.05, 0.1) is 5.69 Å². The number of aromatic nitrogens is 1. The van der Waals surface area contributed by atoms with Crippen molar-refractivity contribution in [1.29, 1.82) is 0 Å². The van der Waals surface area contributed by atoms with Gasteiger partial charge in [0.2, 0.25) is 5.88 Å². The summed E-state index contributed by atoms with van der Waals surface area (Å²) < 4.78 is 4.88. The Hall–Kier alpha value is -0.990. The highest BCUT2D eigenvalue weighted by Crippen LogP contribution is 2.16. The van der Waals surface area contributed by atoms with Gasteiger partial charge in [0.15, 0.2) is 0 Å². The summed E-state index contributed by atoms with van der Waals surface area (Å²) in [6.07, 6.45) is 6.00. The minimum absolute atomic E-state index is 0.463. The number of nitrogen functional groups attached to an aromatic ring is 1. The molecule has 0 radical (unpaired) electrons. The van der Waals surface area contributed by atoms with Crippen LogP contribution in [0.25, 0.3) is 0 Å². The van der Waals surface area contributed by atoms with Crippen LogP contribution in [0.3, 0.4) is 0 Å². The molecule has 13 heavy (non-hydrogen) atoms. The van der Waals surface area contributed by atoms with Crippen molar-refractivity contribution >= 4 is 5.88 Å². The summed E-state index contributed by atoms with van der Waals surface area (Å²) in [4.78, 5) is 0. The van der Waals surface area contributed by atoms with Crippen molar-refractivity contribution in [3.63, 3.8) is 0 Å². The Balaban J connectivity index is 2.32. The normalized spacial score (nSPS) is 10.6. The van der Waals surface area contributed by atoms with Crippen molar-refractivity contribution in [2.45, 2.75) is 46.0 Å². The standard InChI is InChI=1S/C10H18N2O/c1-3-4-5-6-7-9-8(2)10(11)13-12-9/h3-7,11H2,1-2H3. The molecule has 3 heteroatoms. The molecule has 0 aliphatic carbocycles. The van der Waals surface area contributed by atoms with Crippen LogP contribution in [0.1, 0.15) is 43.9 Å². The molecule has 0 aliphatic heterocycles. The van der Waals surface area contributed by atoms with Crippen LogP contribution in [0.15, 0.2) is 4.52 Å². The second-order valence-electron chi connectivity index (χ2n) is 3.43. The lowest BCUT2D eigenvalue weighted by atomic mass is 10.1. The van der Waals surface area contributed by atoms with Gasteiger partial charge >= 0.3 is 0 Å². The highest BCUT2D eigenvalue weighted by Gasteiger charge is 2.07. The highest BCUT2D eigenvalue weighted by molar-refractivity contribution is 5.37. The molecule has 0 saturated heterocycles. The van der Waals surface area contributed by atoms with E-state index in [4.69, 9.17) is 10.3 Å². The van der Waals surface area contributed by atoms with E-state index in [9.17, 15) is 0 Å². The van der Waals surface area contributed by atoms with Gasteiger partial charge in [0, 0.05) is 5.56 Å². The molecule has 0 spiro atoms. The van der Waals surface area contributed by atoms with Gasteiger partial charge in [-0.25, -0.2) is 0 Å². The zero-order chi connectivity index (χ0) is 9.68. The molecule has 0 unspecified atom stereocenters. The summed E-state index contributed by atoms with van der Waals surface area (Å²) in [5.41, 5.74) is 7.57. The molecule has 0 aliphatic rings. The molecule has 1 aromatic rings. The lowest BCUT2D eigenvalue weighted by Gasteiger charge is -1.96. The van der Waals surface area contributed by atoms with E-state index >= 15 is 0 Å². The largest absolute Gasteiger partial charge is 0.367 e. The number of nitrogens with two attached hydrogens (primary N) is 1. The van der Waals surface area contributed by atoms with E-state index in [1.54, 1.807) is 0 Å². The maximum atomic E-state index is 5.54. The Bertz CT molecular complexity index is 255. The highest BCUT2D eigenvalue weighted by atomic mass is 16.5. The summed E-state index contributed by atoms with van der Waals surface area (Å²) in [5.74, 6) is 0.463. The van der Waals surface area contributed by atoms with E-state index in [1.165, 1.54) is 25.7 Å². The van der Waals surface area contributed by atoms with Crippen LogP contribution in [0, 0.1) is 6.92 Å². The SMILES string of the molecule is CCCCCCc1noc(N)c1C. The minimum atomic E-state index is 0.463. The Morgan fingerprint density at radius 3 is 2.62 bits per heavy atom. The van der Waals surface area contributed by atoms with Gasteiger partial charge in [-0.15, -0.1) is 0 Å². The molecule has 0 atom stereocenters. The van der Waals surface area contributed by atoms with E-state index in [1.807, 2.05) is 6.92 Å². The molecule has 0 amide bonds. The van der Waals surface area contributed by atoms with Gasteiger partial charge in [0.1, 0.15) is 0 Å². The van der Waals surface area contributed by atoms with Gasteiger partial charge in [-0.05, 0) is 19.8 Å². The summed E-state index contributed by atoms with van der Waals surface area (Å²) >= 11 is 0. The van der Waals surface area contributed by atoms with Crippen LogP contribution >= 0.6 is 0 Å². The Labute approximate surface area is 79.3 Å². The van der Waals surface area contributed by atoms with Crippen molar-refractivity contribution in [1.82, 2.24) is 5.16 Å². The van der Waals surface area contributed by atoms with E-state index in [0.29, 0.717) is 5.88 Å². The molecule has 0 aromatic carbocycles. The number of hydrogen-bond acceptors (Lipinski definition) is 3. The number of nitrogens with zero attached hydrogens (tertiary/aromatic N) is 1. The Morgan fingerprint density at radius 1 is 1.31 bits per heavy atom. The number of aryl methyl sites for hydroxylation is 1. The van der Waals surface area contributed by atoms with Gasteiger partial charge < -0.3 is 10.3 Å². The number of rotatable bonds is 5. The number of anilines is 1. The van der Waals surface area contributed by atoms with Crippen LogP contribution in [-0.2, 0) is 6.42 Å². The Morgan fingerprint density at radius 2 is 2.08 bits per heavy atom. The van der Waals surface area contributed by atoms with Crippen LogP contribution in [0.5, 0.6) is 0 Å². The summed E-state index contributed by atoms with van der Waals surface area (Å²) in [6.45, 7) is 4.17. The van der Waals surface area contributed by atoms with Crippen molar-refractivity contribution in [3.8, 4) is 0 Å². The topological polar surface area (TPSA) is 52.0 Å². The third-order valence-electron chi connectivity index (χ3n) is 2.32. The van der Waals surface area contributed by atoms with E-state index in [2.05, 4.69) is 12.1 Å². The van der Waals surface area contributed by atoms with Crippen LogP contribution in [0.4, 0.5) is 5.88 Å². The second-order valence-corrected chi connectivity index (χ2v) is 3.43. The maximum Gasteiger partial charge on any atom is 0.225 e. The first-order valence-electron chi connectivity index (χ1n) is 4.96. The fraction of sp³-hybridized carbons (Fsp3) is 0.700. The fourth-order valence-electron chi connectivity index (χ4n) is 1.34. The zero-order valence-electron chi connectivity index (χ0n) is 8.47. The van der Waals surface area contributed by atoms with Crippen LogP contribution in [-0.4, -0.2) is 5.16 Å².